The third-order valence-electron chi connectivity index (χ3n) is 1.99. The summed E-state index contributed by atoms with van der Waals surface area (Å²) in [6.07, 6.45) is 1.23. The first-order valence-electron chi connectivity index (χ1n) is 4.95. The lowest BCUT2D eigenvalue weighted by Crippen LogP contribution is -2.05. The highest BCUT2D eigenvalue weighted by Gasteiger charge is 2.11. The van der Waals surface area contributed by atoms with E-state index in [0.29, 0.717) is 0 Å². The van der Waals surface area contributed by atoms with Crippen LogP contribution in [0.5, 0.6) is 0 Å². The molecule has 0 spiro atoms. The molecule has 0 N–H and O–H groups in total. The summed E-state index contributed by atoms with van der Waals surface area (Å²) in [4.78, 5) is 11.2. The summed E-state index contributed by atoms with van der Waals surface area (Å²) in [5.41, 5.74) is 0.240. The summed E-state index contributed by atoms with van der Waals surface area (Å²) < 4.78 is 43.1. The number of ether oxygens (including phenoxy) is 1. The molecule has 1 aromatic carbocycles. The van der Waals surface area contributed by atoms with Gasteiger partial charge in [-0.3, -0.25) is 0 Å². The molecule has 1 rings (SSSR count). The highest BCUT2D eigenvalue weighted by atomic mass is 19.2. The van der Waals surface area contributed by atoms with Crippen molar-refractivity contribution in [3.8, 4) is 0 Å². The van der Waals surface area contributed by atoms with Gasteiger partial charge in [-0.15, -0.1) is 0 Å². The van der Waals surface area contributed by atoms with Crippen molar-refractivity contribution in [3.63, 3.8) is 0 Å². The smallest absolute Gasteiger partial charge is 0.333 e. The highest BCUT2D eigenvalue weighted by Crippen LogP contribution is 2.16. The van der Waals surface area contributed by atoms with Crippen LogP contribution in [-0.4, -0.2) is 12.6 Å². The topological polar surface area (TPSA) is 26.3 Å². The summed E-state index contributed by atoms with van der Waals surface area (Å²) in [6.45, 7) is 3.29. The Hall–Kier alpha value is -1.78. The van der Waals surface area contributed by atoms with Gasteiger partial charge in [0.1, 0.15) is 0 Å². The predicted molar refractivity (Wildman–Crippen MR) is 56.6 cm³/mol. The van der Waals surface area contributed by atoms with Crippen LogP contribution >= 0.6 is 0 Å². The largest absolute Gasteiger partial charge is 0.463 e. The molecule has 5 heteroatoms. The second-order valence-electron chi connectivity index (χ2n) is 3.35. The third-order valence-corrected chi connectivity index (χ3v) is 1.99. The molecule has 0 atom stereocenters. The molecule has 0 bridgehead atoms. The molecule has 0 saturated carbocycles. The number of hydrogen-bond acceptors (Lipinski definition) is 2. The fourth-order valence-corrected chi connectivity index (χ4v) is 1.21. The lowest BCUT2D eigenvalue weighted by molar-refractivity contribution is -0.138. The van der Waals surface area contributed by atoms with E-state index in [-0.39, 0.29) is 17.7 Å². The van der Waals surface area contributed by atoms with E-state index in [2.05, 4.69) is 0 Å². The first-order valence-corrected chi connectivity index (χ1v) is 4.95. The van der Waals surface area contributed by atoms with E-state index in [1.54, 1.807) is 6.92 Å². The fourth-order valence-electron chi connectivity index (χ4n) is 1.21. The number of benzene rings is 1. The quantitative estimate of drug-likeness (QED) is 0.464. The molecule has 0 aliphatic heterocycles. The summed E-state index contributed by atoms with van der Waals surface area (Å²) in [5, 5.41) is 0. The Kier molecular flexibility index (Phi) is 4.31. The minimum atomic E-state index is -1.53. The molecule has 0 heterocycles. The zero-order valence-corrected chi connectivity index (χ0v) is 9.39. The minimum Gasteiger partial charge on any atom is -0.463 e. The summed E-state index contributed by atoms with van der Waals surface area (Å²) in [6, 6.07) is 1.61. The molecule has 0 unspecified atom stereocenters. The predicted octanol–water partition coefficient (Wildman–Crippen LogP) is 3.07. The lowest BCUT2D eigenvalue weighted by Gasteiger charge is -2.02. The number of carbonyl (C=O) groups excluding carboxylic acids is 1. The Bertz CT molecular complexity index is 444. The Morgan fingerprint density at radius 2 is 1.82 bits per heavy atom. The first kappa shape index (κ1) is 13.3. The Labute approximate surface area is 96.7 Å². The third kappa shape index (κ3) is 3.34. The van der Waals surface area contributed by atoms with Crippen molar-refractivity contribution in [1.29, 1.82) is 0 Å². The zero-order valence-electron chi connectivity index (χ0n) is 9.39. The minimum absolute atomic E-state index is 0.0620. The van der Waals surface area contributed by atoms with Crippen molar-refractivity contribution in [2.75, 3.05) is 6.61 Å². The molecular formula is C12H11F3O2. The average molecular weight is 244 g/mol. The Morgan fingerprint density at radius 3 is 2.29 bits per heavy atom. The molecule has 0 fully saturated rings. The summed E-state index contributed by atoms with van der Waals surface area (Å²) >= 11 is 0. The maximum absolute atomic E-state index is 12.9. The van der Waals surface area contributed by atoms with Crippen molar-refractivity contribution in [2.45, 2.75) is 13.8 Å². The van der Waals surface area contributed by atoms with Crippen LogP contribution in [0.3, 0.4) is 0 Å². The van der Waals surface area contributed by atoms with Crippen molar-refractivity contribution >= 4 is 12.0 Å². The number of carbonyl (C=O) groups is 1. The van der Waals surface area contributed by atoms with Crippen molar-refractivity contribution in [2.24, 2.45) is 0 Å². The molecule has 0 amide bonds. The lowest BCUT2D eigenvalue weighted by atomic mass is 10.1. The van der Waals surface area contributed by atoms with Gasteiger partial charge in [0.25, 0.3) is 0 Å². The van der Waals surface area contributed by atoms with E-state index in [4.69, 9.17) is 4.74 Å². The van der Waals surface area contributed by atoms with E-state index in [9.17, 15) is 18.0 Å². The van der Waals surface area contributed by atoms with Crippen LogP contribution < -0.4 is 0 Å². The summed E-state index contributed by atoms with van der Waals surface area (Å²) in [7, 11) is 0. The maximum Gasteiger partial charge on any atom is 0.333 e. The van der Waals surface area contributed by atoms with Gasteiger partial charge in [0, 0.05) is 5.57 Å². The van der Waals surface area contributed by atoms with E-state index in [1.165, 1.54) is 13.0 Å². The molecule has 1 aromatic rings. The van der Waals surface area contributed by atoms with Gasteiger partial charge in [-0.2, -0.15) is 0 Å². The van der Waals surface area contributed by atoms with Crippen LogP contribution in [0, 0.1) is 17.5 Å². The molecule has 17 heavy (non-hydrogen) atoms. The number of esters is 1. The normalized spacial score (nSPS) is 11.5. The van der Waals surface area contributed by atoms with Crippen molar-refractivity contribution in [3.05, 3.63) is 40.7 Å². The zero-order chi connectivity index (χ0) is 13.0. The standard InChI is InChI=1S/C12H11F3O2/c1-3-17-12(16)7(2)4-8-5-9(13)11(15)10(14)6-8/h4-6H,3H2,1-2H3/b7-4+. The second-order valence-corrected chi connectivity index (χ2v) is 3.35. The Morgan fingerprint density at radius 1 is 1.29 bits per heavy atom. The molecule has 92 valence electrons. The molecule has 0 saturated heterocycles. The van der Waals surface area contributed by atoms with E-state index in [1.807, 2.05) is 0 Å². The SMILES string of the molecule is CCOC(=O)/C(C)=C/c1cc(F)c(F)c(F)c1. The highest BCUT2D eigenvalue weighted by molar-refractivity contribution is 5.92. The van der Waals surface area contributed by atoms with Crippen LogP contribution in [0.15, 0.2) is 17.7 Å². The number of hydrogen-bond donors (Lipinski definition) is 0. The van der Waals surface area contributed by atoms with Crippen LogP contribution in [0.25, 0.3) is 6.08 Å². The monoisotopic (exact) mass is 244 g/mol. The first-order chi connectivity index (χ1) is 7.95. The van der Waals surface area contributed by atoms with Gasteiger partial charge < -0.3 is 4.74 Å². The Balaban J connectivity index is 3.02. The maximum atomic E-state index is 12.9. The van der Waals surface area contributed by atoms with Gasteiger partial charge in [-0.25, -0.2) is 18.0 Å². The molecular weight excluding hydrogens is 233 g/mol. The number of rotatable bonds is 3. The van der Waals surface area contributed by atoms with Gasteiger partial charge in [0.15, 0.2) is 17.5 Å². The molecule has 0 aliphatic rings. The van der Waals surface area contributed by atoms with E-state index < -0.39 is 23.4 Å². The van der Waals surface area contributed by atoms with Crippen LogP contribution in [0.1, 0.15) is 19.4 Å². The van der Waals surface area contributed by atoms with Crippen LogP contribution in [-0.2, 0) is 9.53 Å². The van der Waals surface area contributed by atoms with Gasteiger partial charge in [-0.1, -0.05) is 0 Å². The fraction of sp³-hybridized carbons (Fsp3) is 0.250. The molecule has 0 aliphatic carbocycles. The van der Waals surface area contributed by atoms with Crippen molar-refractivity contribution < 1.29 is 22.7 Å². The summed E-state index contributed by atoms with van der Waals surface area (Å²) in [5.74, 6) is -4.71. The molecule has 2 nitrogen and oxygen atoms in total. The van der Waals surface area contributed by atoms with Gasteiger partial charge in [0.05, 0.1) is 6.61 Å². The van der Waals surface area contributed by atoms with Gasteiger partial charge in [-0.05, 0) is 37.6 Å². The van der Waals surface area contributed by atoms with E-state index >= 15 is 0 Å². The van der Waals surface area contributed by atoms with Gasteiger partial charge in [0.2, 0.25) is 0 Å². The van der Waals surface area contributed by atoms with Crippen LogP contribution in [0.2, 0.25) is 0 Å². The van der Waals surface area contributed by atoms with E-state index in [0.717, 1.165) is 12.1 Å². The van der Waals surface area contributed by atoms with Gasteiger partial charge >= 0.3 is 5.97 Å². The van der Waals surface area contributed by atoms with Crippen molar-refractivity contribution in [1.82, 2.24) is 0 Å². The molecule has 0 radical (unpaired) electrons. The average Bonchev–Trinajstić information content (AvgIpc) is 2.26. The molecule has 0 aromatic heterocycles. The second kappa shape index (κ2) is 5.52. The van der Waals surface area contributed by atoms with Crippen LogP contribution in [0.4, 0.5) is 13.2 Å². The number of halogens is 3.